The van der Waals surface area contributed by atoms with Gasteiger partial charge >= 0.3 is 28.5 Å². The number of carbonyl (C=O) groups is 1. The van der Waals surface area contributed by atoms with E-state index < -0.39 is 28.5 Å². The minimum absolute atomic E-state index is 0.0289. The molecule has 15 heteroatoms. The lowest BCUT2D eigenvalue weighted by Crippen LogP contribution is -2.32. The maximum Gasteiger partial charge on any atom is 0.491 e. The first-order valence-corrected chi connectivity index (χ1v) is 15.2. The molecule has 7 N–H and O–H groups in total. The Balaban J connectivity index is 0.000000205. The largest absolute Gasteiger partial charge is 0.491 e. The molecule has 44 heavy (non-hydrogen) atoms. The maximum absolute atomic E-state index is 10.3. The molecule has 0 bridgehead atoms. The molecule has 0 fully saturated rings. The Labute approximate surface area is 275 Å². The van der Waals surface area contributed by atoms with Gasteiger partial charge in [0.15, 0.2) is 0 Å². The van der Waals surface area contributed by atoms with Crippen LogP contribution in [0.5, 0.6) is 0 Å². The molecule has 0 aromatic heterocycles. The SMILES string of the molecule is CC1OB(O)c2ccccc21.Cc1ccccc1B(O)O.O=Cc1ccccc1B(O)O.OB(O)c1ccccc1C(Br)Br. The topological polar surface area (TPSA) is 168 Å². The van der Waals surface area contributed by atoms with Crippen molar-refractivity contribution in [3.63, 3.8) is 0 Å². The van der Waals surface area contributed by atoms with E-state index in [2.05, 4.69) is 31.9 Å². The van der Waals surface area contributed by atoms with E-state index in [1.165, 1.54) is 12.1 Å². The molecular formula is C29H32B4Br2O9. The quantitative estimate of drug-likeness (QED) is 0.0879. The zero-order chi connectivity index (χ0) is 32.8. The highest BCUT2D eigenvalue weighted by Gasteiger charge is 2.31. The van der Waals surface area contributed by atoms with E-state index in [0.29, 0.717) is 22.8 Å². The third kappa shape index (κ3) is 11.4. The first-order valence-electron chi connectivity index (χ1n) is 13.4. The van der Waals surface area contributed by atoms with E-state index in [9.17, 15) is 9.82 Å². The highest BCUT2D eigenvalue weighted by atomic mass is 79.9. The summed E-state index contributed by atoms with van der Waals surface area (Å²) in [6.45, 7) is 3.78. The fourth-order valence-corrected chi connectivity index (χ4v) is 4.95. The van der Waals surface area contributed by atoms with Crippen molar-refractivity contribution in [2.45, 2.75) is 23.7 Å². The number of fused-ring (bicyclic) bond motifs is 1. The lowest BCUT2D eigenvalue weighted by atomic mass is 9.77. The van der Waals surface area contributed by atoms with E-state index in [1.54, 1.807) is 36.4 Å². The zero-order valence-electron chi connectivity index (χ0n) is 24.0. The lowest BCUT2D eigenvalue weighted by Gasteiger charge is -2.08. The van der Waals surface area contributed by atoms with Crippen LogP contribution in [0.15, 0.2) is 97.1 Å². The van der Waals surface area contributed by atoms with Crippen molar-refractivity contribution in [1.29, 1.82) is 0 Å². The van der Waals surface area contributed by atoms with Crippen molar-refractivity contribution < 1.29 is 44.6 Å². The molecule has 0 amide bonds. The van der Waals surface area contributed by atoms with Crippen molar-refractivity contribution in [3.05, 3.63) is 119 Å². The Morgan fingerprint density at radius 3 is 1.66 bits per heavy atom. The van der Waals surface area contributed by atoms with Gasteiger partial charge in [-0.15, -0.1) is 0 Å². The van der Waals surface area contributed by atoms with Gasteiger partial charge in [-0.3, -0.25) is 4.79 Å². The molecule has 228 valence electrons. The second-order valence-electron chi connectivity index (χ2n) is 9.41. The molecule has 1 heterocycles. The summed E-state index contributed by atoms with van der Waals surface area (Å²) in [7, 11) is -5.06. The molecule has 0 radical (unpaired) electrons. The summed E-state index contributed by atoms with van der Waals surface area (Å²) in [5, 5.41) is 62.2. The van der Waals surface area contributed by atoms with Crippen LogP contribution in [0, 0.1) is 6.92 Å². The molecule has 4 aromatic rings. The fourth-order valence-electron chi connectivity index (χ4n) is 4.12. The molecule has 0 aliphatic carbocycles. The van der Waals surface area contributed by atoms with Crippen LogP contribution < -0.4 is 21.9 Å². The predicted octanol–water partition coefficient (Wildman–Crippen LogP) is 0.474. The Morgan fingerprint density at radius 1 is 0.727 bits per heavy atom. The van der Waals surface area contributed by atoms with Crippen LogP contribution in [0.2, 0.25) is 0 Å². The Hall–Kier alpha value is -2.55. The van der Waals surface area contributed by atoms with Crippen molar-refractivity contribution in [2.75, 3.05) is 0 Å². The first kappa shape index (κ1) is 37.6. The van der Waals surface area contributed by atoms with Gasteiger partial charge in [0.05, 0.1) is 9.84 Å². The fraction of sp³-hybridized carbons (Fsp3) is 0.138. The lowest BCUT2D eigenvalue weighted by molar-refractivity contribution is 0.112. The Morgan fingerprint density at radius 2 is 1.20 bits per heavy atom. The van der Waals surface area contributed by atoms with Gasteiger partial charge in [0, 0.05) is 5.56 Å². The normalized spacial score (nSPS) is 12.8. The number of benzene rings is 4. The number of alkyl halides is 2. The summed E-state index contributed by atoms with van der Waals surface area (Å²) in [4.78, 5) is 10.3. The molecule has 1 atom stereocenters. The monoisotopic (exact) mass is 726 g/mol. The highest BCUT2D eigenvalue weighted by molar-refractivity contribution is 9.24. The molecule has 5 rings (SSSR count). The summed E-state index contributed by atoms with van der Waals surface area (Å²) >= 11 is 6.59. The van der Waals surface area contributed by atoms with E-state index >= 15 is 0 Å². The van der Waals surface area contributed by atoms with Crippen LogP contribution in [0.1, 0.15) is 43.8 Å². The minimum Gasteiger partial charge on any atom is -0.423 e. The molecule has 9 nitrogen and oxygen atoms in total. The third-order valence-electron chi connectivity index (χ3n) is 6.41. The summed E-state index contributed by atoms with van der Waals surface area (Å²) < 4.78 is 5.13. The van der Waals surface area contributed by atoms with Crippen LogP contribution in [0.4, 0.5) is 0 Å². The molecule has 0 spiro atoms. The van der Waals surface area contributed by atoms with Gasteiger partial charge in [0.1, 0.15) is 6.29 Å². The van der Waals surface area contributed by atoms with Crippen LogP contribution in [0.25, 0.3) is 0 Å². The summed E-state index contributed by atoms with van der Waals surface area (Å²) in [5.41, 5.74) is 5.36. The van der Waals surface area contributed by atoms with E-state index in [-0.39, 0.29) is 15.3 Å². The second kappa shape index (κ2) is 19.1. The van der Waals surface area contributed by atoms with Crippen LogP contribution >= 0.6 is 31.9 Å². The zero-order valence-corrected chi connectivity index (χ0v) is 27.2. The number of halogens is 2. The Bertz CT molecular complexity index is 1410. The average molecular weight is 728 g/mol. The Kier molecular flexibility index (Phi) is 16.3. The predicted molar refractivity (Wildman–Crippen MR) is 183 cm³/mol. The van der Waals surface area contributed by atoms with Gasteiger partial charge in [-0.1, -0.05) is 134 Å². The summed E-state index contributed by atoms with van der Waals surface area (Å²) in [6.07, 6.45) is 0.621. The van der Waals surface area contributed by atoms with Gasteiger partial charge in [-0.2, -0.15) is 0 Å². The average Bonchev–Trinajstić information content (AvgIpc) is 3.31. The van der Waals surface area contributed by atoms with Crippen LogP contribution in [0.3, 0.4) is 0 Å². The molecule has 1 aliphatic rings. The summed E-state index contributed by atoms with van der Waals surface area (Å²) in [5.74, 6) is 0. The molecular weight excluding hydrogens is 695 g/mol. The molecule has 0 saturated carbocycles. The minimum atomic E-state index is -1.57. The molecule has 0 saturated heterocycles. The van der Waals surface area contributed by atoms with Crippen molar-refractivity contribution in [3.8, 4) is 0 Å². The van der Waals surface area contributed by atoms with E-state index in [0.717, 1.165) is 22.2 Å². The van der Waals surface area contributed by atoms with Crippen molar-refractivity contribution in [2.24, 2.45) is 0 Å². The number of hydrogen-bond acceptors (Lipinski definition) is 9. The van der Waals surface area contributed by atoms with Crippen molar-refractivity contribution >= 4 is 88.5 Å². The number of aryl methyl sites for hydroxylation is 1. The molecule has 1 aliphatic heterocycles. The first-order chi connectivity index (χ1) is 20.9. The highest BCUT2D eigenvalue weighted by Crippen LogP contribution is 2.27. The number of rotatable bonds is 5. The molecule has 1 unspecified atom stereocenters. The third-order valence-corrected chi connectivity index (χ3v) is 7.40. The van der Waals surface area contributed by atoms with Crippen LogP contribution in [-0.2, 0) is 4.65 Å². The maximum atomic E-state index is 10.3. The van der Waals surface area contributed by atoms with Crippen LogP contribution in [-0.4, -0.2) is 69.9 Å². The van der Waals surface area contributed by atoms with Gasteiger partial charge in [0.25, 0.3) is 0 Å². The van der Waals surface area contributed by atoms with Gasteiger partial charge in [-0.25, -0.2) is 0 Å². The number of aldehydes is 1. The standard InChI is InChI=1S/C8H9BO2.C7H7BBr2O2.C7H7BO3.C7H9BO2/c1-6-7-4-2-3-5-8(7)9(10)11-6;9-7(10)5-3-1-2-4-6(5)8(11)12;9-5-6-3-1-2-4-7(6)8(10)11;1-6-4-2-3-5-7(6)8(9)10/h2-6,10H,1H3;1-4,7,11-12H;1-5,10-11H;2-5,9-10H,1H3. The van der Waals surface area contributed by atoms with Gasteiger partial charge in [-0.05, 0) is 46.8 Å². The van der Waals surface area contributed by atoms with Crippen molar-refractivity contribution in [1.82, 2.24) is 0 Å². The van der Waals surface area contributed by atoms with E-state index in [4.69, 9.17) is 34.8 Å². The van der Waals surface area contributed by atoms with Gasteiger partial charge in [0.2, 0.25) is 0 Å². The molecule has 4 aromatic carbocycles. The van der Waals surface area contributed by atoms with Gasteiger partial charge < -0.3 is 39.8 Å². The number of carbonyl (C=O) groups excluding carboxylic acids is 1. The van der Waals surface area contributed by atoms with E-state index in [1.807, 2.05) is 62.4 Å². The summed E-state index contributed by atoms with van der Waals surface area (Å²) in [6, 6.07) is 28.3. The second-order valence-corrected chi connectivity index (χ2v) is 12.5. The number of hydrogen-bond donors (Lipinski definition) is 7. The smallest absolute Gasteiger partial charge is 0.423 e.